The first-order valence-corrected chi connectivity index (χ1v) is 16.5. The minimum atomic E-state index is -4.03. The molecule has 2 fully saturated rings. The zero-order chi connectivity index (χ0) is 30.3. The molecule has 0 aliphatic carbocycles. The molecule has 0 saturated carbocycles. The van der Waals surface area contributed by atoms with Gasteiger partial charge < -0.3 is 30.0 Å². The molecule has 0 aromatic heterocycles. The molecular weight excluding hydrogens is 630 g/mol. The molecule has 0 spiro atoms. The van der Waals surface area contributed by atoms with E-state index in [9.17, 15) is 23.1 Å². The number of nitrogens with one attached hydrogen (secondary N) is 2. The number of carbonyl (C=O) groups excluding carboxylic acids is 2. The first-order valence-electron chi connectivity index (χ1n) is 13.9. The van der Waals surface area contributed by atoms with Gasteiger partial charge in [0.05, 0.1) is 41.5 Å². The van der Waals surface area contributed by atoms with Crippen LogP contribution in [-0.2, 0) is 35.4 Å². The lowest BCUT2D eigenvalue weighted by atomic mass is 10.0. The summed E-state index contributed by atoms with van der Waals surface area (Å²) in [6.07, 6.45) is -1.83. The van der Waals surface area contributed by atoms with Gasteiger partial charge in [-0.05, 0) is 48.6 Å². The molecule has 2 aromatic rings. The molecule has 2 amide bonds. The topological polar surface area (TPSA) is 144 Å². The number of fused-ring (bicyclic) bond motifs is 1. The highest BCUT2D eigenvalue weighted by atomic mass is 79.9. The van der Waals surface area contributed by atoms with E-state index in [0.29, 0.717) is 12.3 Å². The van der Waals surface area contributed by atoms with Gasteiger partial charge in [-0.15, -0.1) is 0 Å². The minimum absolute atomic E-state index is 0.0220. The number of halogens is 1. The van der Waals surface area contributed by atoms with Crippen LogP contribution in [0.3, 0.4) is 0 Å². The molecule has 1 unspecified atom stereocenters. The van der Waals surface area contributed by atoms with Gasteiger partial charge in [-0.3, -0.25) is 4.79 Å². The Morgan fingerprint density at radius 3 is 2.48 bits per heavy atom. The number of anilines is 1. The van der Waals surface area contributed by atoms with Gasteiger partial charge in [0.15, 0.2) is 6.29 Å². The van der Waals surface area contributed by atoms with Gasteiger partial charge in [0.1, 0.15) is 6.10 Å². The van der Waals surface area contributed by atoms with Crippen molar-refractivity contribution >= 4 is 43.6 Å². The standard InChI is InChI=1S/C29H38BrN3O8S/c1-19(2)16-33(42(37,38)22-10-8-21(9-11-22)31-27(35)15-30)17-25(34)24(14-20-6-4-3-5-7-20)32-29(36)41-26-18-40-28-23(26)12-13-39-28/h3-11,19,23-26,28,34H,12-18H2,1-2H3,(H,31,35)(H,32,36)/t23-,24?,25+,26-,28+/m0/s1. The summed E-state index contributed by atoms with van der Waals surface area (Å²) < 4.78 is 45.4. The van der Waals surface area contributed by atoms with Crippen molar-refractivity contribution in [3.8, 4) is 0 Å². The summed E-state index contributed by atoms with van der Waals surface area (Å²) in [6.45, 7) is 4.43. The molecule has 5 atom stereocenters. The Hall–Kier alpha value is -2.55. The van der Waals surface area contributed by atoms with Crippen LogP contribution in [0.4, 0.5) is 10.5 Å². The lowest BCUT2D eigenvalue weighted by Crippen LogP contribution is -2.51. The predicted octanol–water partition coefficient (Wildman–Crippen LogP) is 3.13. The molecule has 2 aliphatic heterocycles. The normalized spacial score (nSPS) is 21.6. The fourth-order valence-corrected chi connectivity index (χ4v) is 6.85. The van der Waals surface area contributed by atoms with Crippen LogP contribution in [-0.4, -0.2) is 86.0 Å². The molecule has 4 rings (SSSR count). The van der Waals surface area contributed by atoms with Crippen LogP contribution in [0.2, 0.25) is 0 Å². The number of benzene rings is 2. The molecule has 13 heteroatoms. The average molecular weight is 669 g/mol. The molecule has 2 aliphatic rings. The van der Waals surface area contributed by atoms with E-state index in [0.717, 1.165) is 12.0 Å². The van der Waals surface area contributed by atoms with E-state index in [4.69, 9.17) is 14.2 Å². The van der Waals surface area contributed by atoms with Gasteiger partial charge >= 0.3 is 6.09 Å². The summed E-state index contributed by atoms with van der Waals surface area (Å²) in [5, 5.41) is 17.0. The van der Waals surface area contributed by atoms with Crippen molar-refractivity contribution in [2.75, 3.05) is 37.0 Å². The van der Waals surface area contributed by atoms with Crippen LogP contribution in [0.1, 0.15) is 25.8 Å². The predicted molar refractivity (Wildman–Crippen MR) is 160 cm³/mol. The lowest BCUT2D eigenvalue weighted by molar-refractivity contribution is -0.113. The second kappa shape index (κ2) is 14.8. The number of aliphatic hydroxyl groups excluding tert-OH is 1. The monoisotopic (exact) mass is 667 g/mol. The summed E-state index contributed by atoms with van der Waals surface area (Å²) in [5.41, 5.74) is 1.32. The number of alkyl carbamates (subject to hydrolysis) is 1. The summed E-state index contributed by atoms with van der Waals surface area (Å²) >= 11 is 3.08. The van der Waals surface area contributed by atoms with Gasteiger partial charge in [-0.1, -0.05) is 60.1 Å². The third-order valence-electron chi connectivity index (χ3n) is 7.17. The number of alkyl halides is 1. The Labute approximate surface area is 255 Å². The molecule has 42 heavy (non-hydrogen) atoms. The number of ether oxygens (including phenoxy) is 3. The van der Waals surface area contributed by atoms with Crippen molar-refractivity contribution in [3.05, 3.63) is 60.2 Å². The molecule has 0 bridgehead atoms. The van der Waals surface area contributed by atoms with E-state index >= 15 is 0 Å². The van der Waals surface area contributed by atoms with Crippen LogP contribution in [0.25, 0.3) is 0 Å². The van der Waals surface area contributed by atoms with Crippen molar-refractivity contribution in [2.24, 2.45) is 11.8 Å². The van der Waals surface area contributed by atoms with E-state index in [1.54, 1.807) is 0 Å². The van der Waals surface area contributed by atoms with Gasteiger partial charge in [-0.25, -0.2) is 13.2 Å². The summed E-state index contributed by atoms with van der Waals surface area (Å²) in [5.74, 6) is -0.347. The highest BCUT2D eigenvalue weighted by molar-refractivity contribution is 9.09. The van der Waals surface area contributed by atoms with E-state index in [-0.39, 0.29) is 60.4 Å². The summed E-state index contributed by atoms with van der Waals surface area (Å²) in [7, 11) is -4.03. The SMILES string of the molecule is CC(C)CN(C[C@@H](O)C(Cc1ccccc1)NC(=O)O[C@H]1CO[C@H]2OCC[C@H]21)S(=O)(=O)c1ccc(NC(=O)CBr)cc1. The van der Waals surface area contributed by atoms with Crippen molar-refractivity contribution in [3.63, 3.8) is 0 Å². The van der Waals surface area contributed by atoms with E-state index < -0.39 is 34.4 Å². The maximum absolute atomic E-state index is 13.7. The maximum atomic E-state index is 13.7. The number of nitrogens with zero attached hydrogens (tertiary/aromatic N) is 1. The number of aliphatic hydroxyl groups is 1. The fraction of sp³-hybridized carbons (Fsp3) is 0.517. The van der Waals surface area contributed by atoms with Crippen LogP contribution in [0, 0.1) is 11.8 Å². The average Bonchev–Trinajstić information content (AvgIpc) is 3.58. The first kappa shape index (κ1) is 32.4. The Balaban J connectivity index is 1.50. The smallest absolute Gasteiger partial charge is 0.407 e. The zero-order valence-electron chi connectivity index (χ0n) is 23.6. The van der Waals surface area contributed by atoms with E-state index in [1.165, 1.54) is 28.6 Å². The Morgan fingerprint density at radius 1 is 1.10 bits per heavy atom. The van der Waals surface area contributed by atoms with Crippen LogP contribution in [0.15, 0.2) is 59.5 Å². The number of sulfonamides is 1. The minimum Gasteiger partial charge on any atom is -0.443 e. The van der Waals surface area contributed by atoms with Crippen molar-refractivity contribution < 1.29 is 37.3 Å². The molecule has 2 saturated heterocycles. The first-order chi connectivity index (χ1) is 20.1. The largest absolute Gasteiger partial charge is 0.443 e. The molecule has 2 aromatic carbocycles. The number of amides is 2. The van der Waals surface area contributed by atoms with Crippen molar-refractivity contribution in [1.29, 1.82) is 0 Å². The van der Waals surface area contributed by atoms with Crippen LogP contribution in [0.5, 0.6) is 0 Å². The molecule has 230 valence electrons. The molecule has 3 N–H and O–H groups in total. The summed E-state index contributed by atoms with van der Waals surface area (Å²) in [4.78, 5) is 24.7. The highest BCUT2D eigenvalue weighted by Crippen LogP contribution is 2.33. The molecule has 2 heterocycles. The molecule has 11 nitrogen and oxygen atoms in total. The van der Waals surface area contributed by atoms with Gasteiger partial charge in [0.2, 0.25) is 15.9 Å². The van der Waals surface area contributed by atoms with Crippen molar-refractivity contribution in [2.45, 2.75) is 56.1 Å². The second-order valence-corrected chi connectivity index (χ2v) is 13.4. The number of rotatable bonds is 13. The third-order valence-corrected chi connectivity index (χ3v) is 9.52. The van der Waals surface area contributed by atoms with Crippen LogP contribution >= 0.6 is 15.9 Å². The molecular formula is C29H38BrN3O8S. The van der Waals surface area contributed by atoms with Crippen molar-refractivity contribution in [1.82, 2.24) is 9.62 Å². The lowest BCUT2D eigenvalue weighted by Gasteiger charge is -2.31. The Bertz CT molecular complexity index is 1300. The quantitative estimate of drug-likeness (QED) is 0.277. The fourth-order valence-electron chi connectivity index (χ4n) is 5.09. The van der Waals surface area contributed by atoms with Gasteiger partial charge in [0, 0.05) is 18.8 Å². The zero-order valence-corrected chi connectivity index (χ0v) is 26.1. The van der Waals surface area contributed by atoms with Crippen LogP contribution < -0.4 is 10.6 Å². The Morgan fingerprint density at radius 2 is 1.81 bits per heavy atom. The molecule has 0 radical (unpaired) electrons. The third kappa shape index (κ3) is 8.51. The maximum Gasteiger partial charge on any atom is 0.407 e. The number of carbonyl (C=O) groups is 2. The number of hydrogen-bond donors (Lipinski definition) is 3. The van der Waals surface area contributed by atoms with Gasteiger partial charge in [0.25, 0.3) is 0 Å². The van der Waals surface area contributed by atoms with E-state index in [2.05, 4.69) is 26.6 Å². The van der Waals surface area contributed by atoms with E-state index in [1.807, 2.05) is 44.2 Å². The Kier molecular flexibility index (Phi) is 11.4. The highest BCUT2D eigenvalue weighted by Gasteiger charge is 2.44. The second-order valence-electron chi connectivity index (χ2n) is 10.9. The van der Waals surface area contributed by atoms with Gasteiger partial charge in [-0.2, -0.15) is 4.31 Å². The number of hydrogen-bond acceptors (Lipinski definition) is 8. The summed E-state index contributed by atoms with van der Waals surface area (Å²) in [6, 6.07) is 14.3.